The fourth-order valence-electron chi connectivity index (χ4n) is 3.28. The van der Waals surface area contributed by atoms with Crippen LogP contribution in [0.15, 0.2) is 12.3 Å². The summed E-state index contributed by atoms with van der Waals surface area (Å²) in [4.78, 5) is 12.2. The molecule has 132 valence electrons. The highest BCUT2D eigenvalue weighted by molar-refractivity contribution is 5.76. The number of hydrogen-bond acceptors (Lipinski definition) is 3. The summed E-state index contributed by atoms with van der Waals surface area (Å²) < 4.78 is 46.0. The molecule has 24 heavy (non-hydrogen) atoms. The van der Waals surface area contributed by atoms with Gasteiger partial charge >= 0.3 is 6.18 Å². The van der Waals surface area contributed by atoms with Crippen molar-refractivity contribution >= 4 is 5.91 Å². The molecule has 0 aromatic carbocycles. The van der Waals surface area contributed by atoms with Gasteiger partial charge in [0.15, 0.2) is 5.69 Å². The smallest absolute Gasteiger partial charge is 0.435 e. The Hall–Kier alpha value is -1.99. The molecule has 2 atom stereocenters. The first-order valence-corrected chi connectivity index (χ1v) is 8.12. The number of fused-ring (bicyclic) bond motifs is 1. The van der Waals surface area contributed by atoms with Crippen LogP contribution in [0.1, 0.15) is 43.1 Å². The lowest BCUT2D eigenvalue weighted by molar-refractivity contribution is -0.142. The molecule has 1 N–H and O–H groups in total. The number of carbonyl (C=O) groups excluding carboxylic acids is 1. The average Bonchev–Trinajstić information content (AvgIpc) is 3.15. The van der Waals surface area contributed by atoms with Crippen LogP contribution in [0.2, 0.25) is 0 Å². The van der Waals surface area contributed by atoms with Crippen molar-refractivity contribution in [1.82, 2.24) is 15.1 Å². The van der Waals surface area contributed by atoms with Gasteiger partial charge < -0.3 is 10.1 Å². The molecule has 3 rings (SSSR count). The van der Waals surface area contributed by atoms with Crippen molar-refractivity contribution in [3.63, 3.8) is 0 Å². The molecule has 1 aliphatic heterocycles. The van der Waals surface area contributed by atoms with Crippen molar-refractivity contribution in [2.24, 2.45) is 0 Å². The second-order valence-electron chi connectivity index (χ2n) is 6.27. The maximum Gasteiger partial charge on any atom is 0.435 e. The highest BCUT2D eigenvalue weighted by atomic mass is 19.4. The highest BCUT2D eigenvalue weighted by Gasteiger charge is 2.39. The quantitative estimate of drug-likeness (QED) is 0.914. The number of rotatable bonds is 4. The third-order valence-electron chi connectivity index (χ3n) is 4.48. The van der Waals surface area contributed by atoms with Gasteiger partial charge in [-0.15, -0.1) is 0 Å². The third-order valence-corrected chi connectivity index (χ3v) is 4.48. The van der Waals surface area contributed by atoms with Crippen LogP contribution in [0, 0.1) is 0 Å². The standard InChI is InChI=1S/C16H20F3N3O2/c1-10(13-7-4-8-24-13)20-14(23)9-22-12-6-3-2-5-11(12)15(21-22)16(17,18)19/h4,8,10,13H,2-3,5-7,9H2,1H3,(H,20,23). The Kier molecular flexibility index (Phi) is 4.56. The highest BCUT2D eigenvalue weighted by Crippen LogP contribution is 2.35. The molecular formula is C16H20F3N3O2. The van der Waals surface area contributed by atoms with Crippen molar-refractivity contribution in [2.75, 3.05) is 0 Å². The van der Waals surface area contributed by atoms with Crippen LogP contribution in [0.25, 0.3) is 0 Å². The van der Waals surface area contributed by atoms with Crippen molar-refractivity contribution in [3.8, 4) is 0 Å². The first kappa shape index (κ1) is 16.9. The maximum absolute atomic E-state index is 13.1. The molecule has 0 bridgehead atoms. The number of alkyl halides is 3. The van der Waals surface area contributed by atoms with Gasteiger partial charge in [0.05, 0.1) is 12.3 Å². The Labute approximate surface area is 137 Å². The van der Waals surface area contributed by atoms with Crippen molar-refractivity contribution < 1.29 is 22.7 Å². The van der Waals surface area contributed by atoms with E-state index in [0.29, 0.717) is 25.0 Å². The monoisotopic (exact) mass is 343 g/mol. The maximum atomic E-state index is 13.1. The van der Waals surface area contributed by atoms with Crippen LogP contribution in [-0.4, -0.2) is 27.8 Å². The van der Waals surface area contributed by atoms with E-state index in [1.54, 1.807) is 6.26 Å². The Morgan fingerprint density at radius 1 is 1.46 bits per heavy atom. The normalized spacial score (nSPS) is 21.2. The van der Waals surface area contributed by atoms with E-state index in [0.717, 1.165) is 12.8 Å². The number of nitrogens with one attached hydrogen (secondary N) is 1. The number of aromatic nitrogens is 2. The number of nitrogens with zero attached hydrogens (tertiary/aromatic N) is 2. The van der Waals surface area contributed by atoms with Crippen LogP contribution in [0.5, 0.6) is 0 Å². The van der Waals surface area contributed by atoms with Gasteiger partial charge in [0, 0.05) is 17.7 Å². The average molecular weight is 343 g/mol. The first-order chi connectivity index (χ1) is 11.4. The van der Waals surface area contributed by atoms with Gasteiger partial charge in [-0.1, -0.05) is 0 Å². The summed E-state index contributed by atoms with van der Waals surface area (Å²) in [5.74, 6) is -0.359. The van der Waals surface area contributed by atoms with Gasteiger partial charge in [-0.25, -0.2) is 0 Å². The lowest BCUT2D eigenvalue weighted by atomic mass is 9.95. The van der Waals surface area contributed by atoms with E-state index < -0.39 is 11.9 Å². The molecule has 1 aromatic heterocycles. The van der Waals surface area contributed by atoms with Gasteiger partial charge in [-0.2, -0.15) is 18.3 Å². The molecule has 0 spiro atoms. The Morgan fingerprint density at radius 2 is 2.21 bits per heavy atom. The molecule has 1 aromatic rings. The molecule has 8 heteroatoms. The first-order valence-electron chi connectivity index (χ1n) is 8.12. The lowest BCUT2D eigenvalue weighted by Gasteiger charge is -2.21. The van der Waals surface area contributed by atoms with E-state index in [1.807, 2.05) is 13.0 Å². The van der Waals surface area contributed by atoms with Crippen molar-refractivity contribution in [2.45, 2.75) is 63.9 Å². The topological polar surface area (TPSA) is 56.2 Å². The molecule has 1 aliphatic carbocycles. The minimum absolute atomic E-state index is 0.133. The predicted octanol–water partition coefficient (Wildman–Crippen LogP) is 2.59. The summed E-state index contributed by atoms with van der Waals surface area (Å²) in [5, 5.41) is 6.47. The third kappa shape index (κ3) is 3.42. The van der Waals surface area contributed by atoms with Gasteiger partial charge in [-0.05, 0) is 38.7 Å². The summed E-state index contributed by atoms with van der Waals surface area (Å²) in [5.41, 5.74) is -0.0607. The summed E-state index contributed by atoms with van der Waals surface area (Å²) in [7, 11) is 0. The molecule has 0 fully saturated rings. The zero-order chi connectivity index (χ0) is 17.3. The number of hydrogen-bond donors (Lipinski definition) is 1. The molecule has 1 amide bonds. The number of halogens is 3. The minimum Gasteiger partial charge on any atom is -0.496 e. The van der Waals surface area contributed by atoms with Gasteiger partial charge in [-0.3, -0.25) is 9.48 Å². The molecule has 0 radical (unpaired) electrons. The molecule has 2 heterocycles. The molecular weight excluding hydrogens is 323 g/mol. The van der Waals surface area contributed by atoms with Crippen LogP contribution in [0.3, 0.4) is 0 Å². The zero-order valence-corrected chi connectivity index (χ0v) is 13.4. The fourth-order valence-corrected chi connectivity index (χ4v) is 3.28. The van der Waals surface area contributed by atoms with E-state index in [2.05, 4.69) is 10.4 Å². The lowest BCUT2D eigenvalue weighted by Crippen LogP contribution is -2.42. The molecule has 2 aliphatic rings. The summed E-state index contributed by atoms with van der Waals surface area (Å²) in [6, 6.07) is -0.221. The second kappa shape index (κ2) is 6.49. The summed E-state index contributed by atoms with van der Waals surface area (Å²) in [6.07, 6.45) is 1.97. The molecule has 0 saturated carbocycles. The summed E-state index contributed by atoms with van der Waals surface area (Å²) >= 11 is 0. The number of carbonyl (C=O) groups is 1. The predicted molar refractivity (Wildman–Crippen MR) is 80.1 cm³/mol. The Balaban J connectivity index is 1.72. The SMILES string of the molecule is CC(NC(=O)Cn1nc(C(F)(F)F)c2c1CCCC2)C1CC=CO1. The van der Waals surface area contributed by atoms with E-state index >= 15 is 0 Å². The molecule has 2 unspecified atom stereocenters. The van der Waals surface area contributed by atoms with E-state index in [4.69, 9.17) is 4.74 Å². The van der Waals surface area contributed by atoms with Crippen molar-refractivity contribution in [3.05, 3.63) is 29.3 Å². The van der Waals surface area contributed by atoms with Crippen LogP contribution in [0.4, 0.5) is 13.2 Å². The molecule has 5 nitrogen and oxygen atoms in total. The van der Waals surface area contributed by atoms with Crippen molar-refractivity contribution in [1.29, 1.82) is 0 Å². The number of amides is 1. The van der Waals surface area contributed by atoms with Gasteiger partial charge in [0.1, 0.15) is 12.6 Å². The minimum atomic E-state index is -4.49. The fraction of sp³-hybridized carbons (Fsp3) is 0.625. The van der Waals surface area contributed by atoms with E-state index in [-0.39, 0.29) is 30.2 Å². The Morgan fingerprint density at radius 3 is 2.88 bits per heavy atom. The van der Waals surface area contributed by atoms with Crippen LogP contribution in [-0.2, 0) is 35.1 Å². The van der Waals surface area contributed by atoms with Gasteiger partial charge in [0.2, 0.25) is 5.91 Å². The largest absolute Gasteiger partial charge is 0.496 e. The van der Waals surface area contributed by atoms with Crippen LogP contribution >= 0.6 is 0 Å². The van der Waals surface area contributed by atoms with E-state index in [1.165, 1.54) is 4.68 Å². The zero-order valence-electron chi connectivity index (χ0n) is 13.4. The number of ether oxygens (including phenoxy) is 1. The summed E-state index contributed by atoms with van der Waals surface area (Å²) in [6.45, 7) is 1.61. The van der Waals surface area contributed by atoms with Crippen LogP contribution < -0.4 is 5.32 Å². The van der Waals surface area contributed by atoms with E-state index in [9.17, 15) is 18.0 Å². The Bertz CT molecular complexity index is 644. The second-order valence-corrected chi connectivity index (χ2v) is 6.27. The molecule has 0 saturated heterocycles. The van der Waals surface area contributed by atoms with Gasteiger partial charge in [0.25, 0.3) is 0 Å².